The van der Waals surface area contributed by atoms with Crippen LogP contribution in [0.2, 0.25) is 0 Å². The highest BCUT2D eigenvalue weighted by molar-refractivity contribution is 7.91. The van der Waals surface area contributed by atoms with Crippen LogP contribution in [0, 0.1) is 5.41 Å². The third-order valence-electron chi connectivity index (χ3n) is 3.56. The Morgan fingerprint density at radius 3 is 2.41 bits per heavy atom. The van der Waals surface area contributed by atoms with Gasteiger partial charge in [0.05, 0.1) is 11.2 Å². The Morgan fingerprint density at radius 1 is 1.35 bits per heavy atom. The van der Waals surface area contributed by atoms with Crippen LogP contribution in [0.4, 0.5) is 0 Å². The van der Waals surface area contributed by atoms with Crippen LogP contribution < -0.4 is 5.32 Å². The maximum atomic E-state index is 11.4. The van der Waals surface area contributed by atoms with Crippen molar-refractivity contribution >= 4 is 15.8 Å². The number of piperidine rings is 1. The number of hydrogen-bond acceptors (Lipinski definition) is 4. The van der Waals surface area contributed by atoms with E-state index in [9.17, 15) is 18.3 Å². The lowest BCUT2D eigenvalue weighted by molar-refractivity contribution is -0.151. The monoisotopic (exact) mass is 263 g/mol. The number of rotatable bonds is 6. The second-order valence-electron chi connectivity index (χ2n) is 4.68. The fraction of sp³-hybridized carbons (Fsp3) is 0.909. The van der Waals surface area contributed by atoms with Crippen LogP contribution in [-0.2, 0) is 14.6 Å². The van der Waals surface area contributed by atoms with E-state index in [1.807, 2.05) is 0 Å². The van der Waals surface area contributed by atoms with Gasteiger partial charge in [-0.25, -0.2) is 8.42 Å². The quantitative estimate of drug-likeness (QED) is 0.735. The van der Waals surface area contributed by atoms with Crippen molar-refractivity contribution in [1.82, 2.24) is 5.32 Å². The Bertz CT molecular complexity index is 358. The van der Waals surface area contributed by atoms with Crippen LogP contribution in [0.1, 0.15) is 32.6 Å². The van der Waals surface area contributed by atoms with E-state index < -0.39 is 21.2 Å². The third-order valence-corrected chi connectivity index (χ3v) is 5.36. The number of carbonyl (C=O) groups is 1. The second kappa shape index (κ2) is 5.82. The van der Waals surface area contributed by atoms with Crippen molar-refractivity contribution < 1.29 is 18.3 Å². The van der Waals surface area contributed by atoms with Crippen molar-refractivity contribution in [3.05, 3.63) is 0 Å². The van der Waals surface area contributed by atoms with E-state index in [1.54, 1.807) is 6.92 Å². The predicted molar refractivity (Wildman–Crippen MR) is 65.7 cm³/mol. The number of aliphatic carboxylic acids is 1. The molecule has 0 unspecified atom stereocenters. The largest absolute Gasteiger partial charge is 0.481 e. The molecule has 2 N–H and O–H groups in total. The van der Waals surface area contributed by atoms with Gasteiger partial charge in [0.1, 0.15) is 9.84 Å². The molecular formula is C11H21NO4S. The van der Waals surface area contributed by atoms with Gasteiger partial charge in [0.2, 0.25) is 0 Å². The Morgan fingerprint density at radius 2 is 1.94 bits per heavy atom. The molecule has 0 radical (unpaired) electrons. The lowest BCUT2D eigenvalue weighted by Crippen LogP contribution is -2.42. The molecule has 0 aromatic heterocycles. The van der Waals surface area contributed by atoms with Gasteiger partial charge >= 0.3 is 5.97 Å². The van der Waals surface area contributed by atoms with Gasteiger partial charge < -0.3 is 10.4 Å². The highest BCUT2D eigenvalue weighted by Crippen LogP contribution is 2.34. The SMILES string of the molecule is CCS(=O)(=O)CCCC1(C(=O)O)CCNCC1. The molecule has 1 heterocycles. The zero-order valence-electron chi connectivity index (χ0n) is 10.2. The van der Waals surface area contributed by atoms with E-state index in [1.165, 1.54) is 0 Å². The number of carboxylic acids is 1. The van der Waals surface area contributed by atoms with Crippen molar-refractivity contribution in [1.29, 1.82) is 0 Å². The molecule has 0 aromatic carbocycles. The average Bonchev–Trinajstić information content (AvgIpc) is 2.30. The Balaban J connectivity index is 2.54. The van der Waals surface area contributed by atoms with Crippen molar-refractivity contribution in [2.45, 2.75) is 32.6 Å². The first-order chi connectivity index (χ1) is 7.92. The first-order valence-corrected chi connectivity index (χ1v) is 7.88. The van der Waals surface area contributed by atoms with E-state index in [0.29, 0.717) is 38.8 Å². The standard InChI is InChI=1S/C11H21NO4S/c1-2-17(15,16)9-3-4-11(10(13)14)5-7-12-8-6-11/h12H,2-9H2,1H3,(H,13,14). The normalized spacial score (nSPS) is 20.1. The molecule has 0 aliphatic carbocycles. The smallest absolute Gasteiger partial charge is 0.309 e. The van der Waals surface area contributed by atoms with Crippen LogP contribution in [-0.4, -0.2) is 44.1 Å². The van der Waals surface area contributed by atoms with E-state index in [0.717, 1.165) is 0 Å². The molecule has 1 saturated heterocycles. The number of nitrogens with one attached hydrogen (secondary N) is 1. The highest BCUT2D eigenvalue weighted by Gasteiger charge is 2.39. The van der Waals surface area contributed by atoms with Gasteiger partial charge in [0.25, 0.3) is 0 Å². The first kappa shape index (κ1) is 14.4. The van der Waals surface area contributed by atoms with Crippen molar-refractivity contribution in [2.24, 2.45) is 5.41 Å². The van der Waals surface area contributed by atoms with Gasteiger partial charge in [-0.1, -0.05) is 6.92 Å². The van der Waals surface area contributed by atoms with Gasteiger partial charge in [-0.3, -0.25) is 4.79 Å². The lowest BCUT2D eigenvalue weighted by atomic mass is 9.75. The minimum atomic E-state index is -2.98. The van der Waals surface area contributed by atoms with Gasteiger partial charge in [-0.15, -0.1) is 0 Å². The summed E-state index contributed by atoms with van der Waals surface area (Å²) in [6, 6.07) is 0. The molecular weight excluding hydrogens is 242 g/mol. The summed E-state index contributed by atoms with van der Waals surface area (Å²) < 4.78 is 22.7. The minimum Gasteiger partial charge on any atom is -0.481 e. The third kappa shape index (κ3) is 3.96. The van der Waals surface area contributed by atoms with Crippen LogP contribution in [0.15, 0.2) is 0 Å². The number of carboxylic acid groups (broad SMARTS) is 1. The number of hydrogen-bond donors (Lipinski definition) is 2. The van der Waals surface area contributed by atoms with Crippen LogP contribution in [0.25, 0.3) is 0 Å². The lowest BCUT2D eigenvalue weighted by Gasteiger charge is -2.33. The van der Waals surface area contributed by atoms with Crippen LogP contribution >= 0.6 is 0 Å². The van der Waals surface area contributed by atoms with Crippen molar-refractivity contribution in [3.8, 4) is 0 Å². The molecule has 6 heteroatoms. The zero-order valence-corrected chi connectivity index (χ0v) is 11.1. The van der Waals surface area contributed by atoms with Gasteiger partial charge in [0.15, 0.2) is 0 Å². The molecule has 0 atom stereocenters. The molecule has 1 aliphatic rings. The highest BCUT2D eigenvalue weighted by atomic mass is 32.2. The summed E-state index contributed by atoms with van der Waals surface area (Å²) in [6.07, 6.45) is 2.09. The summed E-state index contributed by atoms with van der Waals surface area (Å²) in [7, 11) is -2.98. The Kier molecular flexibility index (Phi) is 4.94. The Labute approximate surface area is 103 Å². The summed E-state index contributed by atoms with van der Waals surface area (Å²) in [5, 5.41) is 12.4. The molecule has 5 nitrogen and oxygen atoms in total. The van der Waals surface area contributed by atoms with Gasteiger partial charge in [0, 0.05) is 5.75 Å². The molecule has 1 fully saturated rings. The summed E-state index contributed by atoms with van der Waals surface area (Å²) in [6.45, 7) is 3.02. The number of sulfone groups is 1. The molecule has 1 rings (SSSR count). The van der Waals surface area contributed by atoms with E-state index >= 15 is 0 Å². The molecule has 100 valence electrons. The molecule has 0 bridgehead atoms. The molecule has 0 amide bonds. The van der Waals surface area contributed by atoms with E-state index in [4.69, 9.17) is 0 Å². The molecule has 1 aliphatic heterocycles. The topological polar surface area (TPSA) is 83.5 Å². The fourth-order valence-electron chi connectivity index (χ4n) is 2.25. The summed E-state index contributed by atoms with van der Waals surface area (Å²) >= 11 is 0. The van der Waals surface area contributed by atoms with Crippen LogP contribution in [0.5, 0.6) is 0 Å². The Hall–Kier alpha value is -0.620. The van der Waals surface area contributed by atoms with Crippen LogP contribution in [0.3, 0.4) is 0 Å². The van der Waals surface area contributed by atoms with E-state index in [-0.39, 0.29) is 11.5 Å². The maximum Gasteiger partial charge on any atom is 0.309 e. The average molecular weight is 263 g/mol. The van der Waals surface area contributed by atoms with Gasteiger partial charge in [-0.05, 0) is 38.8 Å². The summed E-state index contributed by atoms with van der Waals surface area (Å²) in [5.74, 6) is -0.548. The minimum absolute atomic E-state index is 0.103. The van der Waals surface area contributed by atoms with E-state index in [2.05, 4.69) is 5.32 Å². The molecule has 0 spiro atoms. The zero-order chi connectivity index (χ0) is 12.9. The summed E-state index contributed by atoms with van der Waals surface area (Å²) in [5.41, 5.74) is -0.714. The molecule has 17 heavy (non-hydrogen) atoms. The van der Waals surface area contributed by atoms with Gasteiger partial charge in [-0.2, -0.15) is 0 Å². The predicted octanol–water partition coefficient (Wildman–Crippen LogP) is 0.656. The van der Waals surface area contributed by atoms with Crippen molar-refractivity contribution in [2.75, 3.05) is 24.6 Å². The summed E-state index contributed by atoms with van der Waals surface area (Å²) in [4.78, 5) is 11.3. The second-order valence-corrected chi connectivity index (χ2v) is 7.15. The maximum absolute atomic E-state index is 11.4. The van der Waals surface area contributed by atoms with Crippen molar-refractivity contribution in [3.63, 3.8) is 0 Å². The fourth-order valence-corrected chi connectivity index (χ4v) is 3.12. The first-order valence-electron chi connectivity index (χ1n) is 6.06. The molecule has 0 saturated carbocycles. The molecule has 0 aromatic rings.